The topological polar surface area (TPSA) is 12.0 Å². The van der Waals surface area contributed by atoms with Gasteiger partial charge in [0.1, 0.15) is 0 Å². The maximum Gasteiger partial charge on any atom is 0.0405 e. The van der Waals surface area contributed by atoms with Crippen LogP contribution in [0.5, 0.6) is 0 Å². The molecule has 0 aliphatic carbocycles. The molecule has 0 saturated heterocycles. The molecule has 1 aliphatic heterocycles. The first kappa shape index (κ1) is 11.5. The molecule has 0 radical (unpaired) electrons. The molecule has 0 spiro atoms. The van der Waals surface area contributed by atoms with Gasteiger partial charge in [-0.15, -0.1) is 0 Å². The van der Waals surface area contributed by atoms with Gasteiger partial charge in [0.15, 0.2) is 0 Å². The zero-order valence-electron chi connectivity index (χ0n) is 10.6. The molecule has 1 heterocycles. The van der Waals surface area contributed by atoms with E-state index in [-0.39, 0.29) is 0 Å². The van der Waals surface area contributed by atoms with Crippen molar-refractivity contribution in [3.05, 3.63) is 29.3 Å². The summed E-state index contributed by atoms with van der Waals surface area (Å²) in [4.78, 5) is 0. The van der Waals surface area contributed by atoms with Crippen LogP contribution in [0.1, 0.15) is 44.2 Å². The highest BCUT2D eigenvalue weighted by molar-refractivity contribution is 5.59. The van der Waals surface area contributed by atoms with Crippen LogP contribution in [0, 0.1) is 5.92 Å². The van der Waals surface area contributed by atoms with Crippen molar-refractivity contribution in [1.82, 2.24) is 0 Å². The van der Waals surface area contributed by atoms with Crippen molar-refractivity contribution in [1.29, 1.82) is 0 Å². The van der Waals surface area contributed by atoms with Crippen molar-refractivity contribution in [2.45, 2.75) is 46.0 Å². The minimum Gasteiger partial charge on any atom is -0.385 e. The van der Waals surface area contributed by atoms with Crippen LogP contribution in [-0.4, -0.2) is 6.54 Å². The summed E-state index contributed by atoms with van der Waals surface area (Å²) in [5, 5.41) is 3.58. The summed E-state index contributed by atoms with van der Waals surface area (Å²) in [6.07, 6.45) is 6.39. The third-order valence-corrected chi connectivity index (χ3v) is 3.51. The first-order chi connectivity index (χ1) is 7.81. The molecule has 1 atom stereocenters. The Bertz CT molecular complexity index is 343. The Morgan fingerprint density at radius 1 is 1.38 bits per heavy atom. The predicted molar refractivity (Wildman–Crippen MR) is 71.0 cm³/mol. The summed E-state index contributed by atoms with van der Waals surface area (Å²) in [6, 6.07) is 6.79. The van der Waals surface area contributed by atoms with Gasteiger partial charge in [0.05, 0.1) is 0 Å². The molecule has 1 N–H and O–H groups in total. The second kappa shape index (κ2) is 5.38. The molecule has 1 aromatic rings. The Morgan fingerprint density at radius 2 is 2.25 bits per heavy atom. The minimum absolute atomic E-state index is 0.806. The van der Waals surface area contributed by atoms with Crippen LogP contribution in [0.4, 0.5) is 5.69 Å². The summed E-state index contributed by atoms with van der Waals surface area (Å²) in [5.41, 5.74) is 4.49. The highest BCUT2D eigenvalue weighted by Gasteiger charge is 2.13. The van der Waals surface area contributed by atoms with E-state index in [0.29, 0.717) is 0 Å². The summed E-state index contributed by atoms with van der Waals surface area (Å²) in [6.45, 7) is 5.78. The average molecular weight is 217 g/mol. The van der Waals surface area contributed by atoms with Crippen molar-refractivity contribution in [3.8, 4) is 0 Å². The van der Waals surface area contributed by atoms with Gasteiger partial charge in [-0.05, 0) is 36.3 Å². The Hall–Kier alpha value is -0.980. The molecule has 0 bridgehead atoms. The lowest BCUT2D eigenvalue weighted by Gasteiger charge is -2.22. The van der Waals surface area contributed by atoms with Gasteiger partial charge in [0.2, 0.25) is 0 Å². The first-order valence-electron chi connectivity index (χ1n) is 6.66. The van der Waals surface area contributed by atoms with Gasteiger partial charge in [-0.25, -0.2) is 0 Å². The fourth-order valence-corrected chi connectivity index (χ4v) is 2.72. The number of rotatable bonds is 4. The van der Waals surface area contributed by atoms with Gasteiger partial charge in [-0.2, -0.15) is 0 Å². The maximum absolute atomic E-state index is 3.58. The molecule has 1 aromatic carbocycles. The summed E-state index contributed by atoms with van der Waals surface area (Å²) in [7, 11) is 0. The van der Waals surface area contributed by atoms with Gasteiger partial charge in [0, 0.05) is 12.2 Å². The normalized spacial score (nSPS) is 16.4. The second-order valence-electron chi connectivity index (χ2n) is 5.08. The highest BCUT2D eigenvalue weighted by atomic mass is 14.9. The van der Waals surface area contributed by atoms with Crippen molar-refractivity contribution in [3.63, 3.8) is 0 Å². The summed E-state index contributed by atoms with van der Waals surface area (Å²) >= 11 is 0. The molecular formula is C15H23N. The lowest BCUT2D eigenvalue weighted by atomic mass is 9.92. The van der Waals surface area contributed by atoms with Crippen molar-refractivity contribution >= 4 is 5.69 Å². The standard InChI is InChI=1S/C15H23N/c1-3-6-12(2)11-14-8-4-7-13-9-5-10-16-15(13)14/h4,7-8,12,16H,3,5-6,9-11H2,1-2H3. The SMILES string of the molecule is CCCC(C)Cc1cccc2c1NCCC2. The van der Waals surface area contributed by atoms with Crippen molar-refractivity contribution in [2.24, 2.45) is 5.92 Å². The third-order valence-electron chi connectivity index (χ3n) is 3.51. The van der Waals surface area contributed by atoms with Crippen LogP contribution in [-0.2, 0) is 12.8 Å². The molecular weight excluding hydrogens is 194 g/mol. The molecule has 0 aromatic heterocycles. The van der Waals surface area contributed by atoms with E-state index < -0.39 is 0 Å². The van der Waals surface area contributed by atoms with Gasteiger partial charge >= 0.3 is 0 Å². The van der Waals surface area contributed by atoms with E-state index in [1.165, 1.54) is 48.9 Å². The monoisotopic (exact) mass is 217 g/mol. The number of benzene rings is 1. The molecule has 0 amide bonds. The number of nitrogens with one attached hydrogen (secondary N) is 1. The molecule has 1 unspecified atom stereocenters. The molecule has 0 saturated carbocycles. The molecule has 1 heteroatoms. The number of anilines is 1. The summed E-state index contributed by atoms with van der Waals surface area (Å²) < 4.78 is 0. The Kier molecular flexibility index (Phi) is 3.87. The molecule has 2 rings (SSSR count). The molecule has 16 heavy (non-hydrogen) atoms. The lowest BCUT2D eigenvalue weighted by Crippen LogP contribution is -2.14. The Morgan fingerprint density at radius 3 is 3.06 bits per heavy atom. The van der Waals surface area contributed by atoms with Crippen LogP contribution in [0.15, 0.2) is 18.2 Å². The Balaban J connectivity index is 2.14. The maximum atomic E-state index is 3.58. The third kappa shape index (κ3) is 2.58. The van der Waals surface area contributed by atoms with E-state index in [0.717, 1.165) is 12.5 Å². The quantitative estimate of drug-likeness (QED) is 0.803. The molecule has 0 fully saturated rings. The van der Waals surface area contributed by atoms with Crippen LogP contribution in [0.25, 0.3) is 0 Å². The van der Waals surface area contributed by atoms with Crippen molar-refractivity contribution < 1.29 is 0 Å². The number of hydrogen-bond donors (Lipinski definition) is 1. The highest BCUT2D eigenvalue weighted by Crippen LogP contribution is 2.28. The number of fused-ring (bicyclic) bond motifs is 1. The zero-order chi connectivity index (χ0) is 11.4. The van der Waals surface area contributed by atoms with Gasteiger partial charge < -0.3 is 5.32 Å². The van der Waals surface area contributed by atoms with E-state index in [4.69, 9.17) is 0 Å². The summed E-state index contributed by atoms with van der Waals surface area (Å²) in [5.74, 6) is 0.806. The van der Waals surface area contributed by atoms with E-state index in [9.17, 15) is 0 Å². The second-order valence-corrected chi connectivity index (χ2v) is 5.08. The Labute approximate surface area is 99.3 Å². The predicted octanol–water partition coefficient (Wildman–Crippen LogP) is 4.02. The zero-order valence-corrected chi connectivity index (χ0v) is 10.6. The van der Waals surface area contributed by atoms with Crippen LogP contribution in [0.2, 0.25) is 0 Å². The van der Waals surface area contributed by atoms with Crippen LogP contribution in [0.3, 0.4) is 0 Å². The minimum atomic E-state index is 0.806. The molecule has 1 aliphatic rings. The number of para-hydroxylation sites is 1. The molecule has 88 valence electrons. The van der Waals surface area contributed by atoms with Gasteiger partial charge in [-0.3, -0.25) is 0 Å². The van der Waals surface area contributed by atoms with Crippen LogP contribution >= 0.6 is 0 Å². The van der Waals surface area contributed by atoms with Gasteiger partial charge in [0.25, 0.3) is 0 Å². The lowest BCUT2D eigenvalue weighted by molar-refractivity contribution is 0.522. The molecule has 1 nitrogen and oxygen atoms in total. The van der Waals surface area contributed by atoms with Crippen LogP contribution < -0.4 is 5.32 Å². The first-order valence-corrected chi connectivity index (χ1v) is 6.66. The largest absolute Gasteiger partial charge is 0.385 e. The average Bonchev–Trinajstić information content (AvgIpc) is 2.30. The number of hydrogen-bond acceptors (Lipinski definition) is 1. The van der Waals surface area contributed by atoms with Gasteiger partial charge in [-0.1, -0.05) is 44.9 Å². The number of aryl methyl sites for hydroxylation is 1. The fourth-order valence-electron chi connectivity index (χ4n) is 2.72. The van der Waals surface area contributed by atoms with E-state index >= 15 is 0 Å². The smallest absolute Gasteiger partial charge is 0.0405 e. The fraction of sp³-hybridized carbons (Fsp3) is 0.600. The van der Waals surface area contributed by atoms with Crippen molar-refractivity contribution in [2.75, 3.05) is 11.9 Å². The van der Waals surface area contributed by atoms with E-state index in [2.05, 4.69) is 37.4 Å². The van der Waals surface area contributed by atoms with E-state index in [1.54, 1.807) is 0 Å². The van der Waals surface area contributed by atoms with E-state index in [1.807, 2.05) is 0 Å².